The molecule has 1 aromatic carbocycles. The van der Waals surface area contributed by atoms with E-state index in [-0.39, 0.29) is 11.4 Å². The molecule has 2 aromatic rings. The highest BCUT2D eigenvalue weighted by Crippen LogP contribution is 2.33. The quantitative estimate of drug-likeness (QED) is 0.929. The van der Waals surface area contributed by atoms with Gasteiger partial charge >= 0.3 is 0 Å². The number of hydrogen-bond donors (Lipinski definition) is 1. The molecule has 1 aromatic heterocycles. The standard InChI is InChI=1S/C16H22FN3S/c1-11-12(10-18-16(2,3)4)15(20(5)19-11)21-14-9-7-6-8-13(14)17/h6-9,18H,10H2,1-5H3. The number of nitrogens with zero attached hydrogens (tertiary/aromatic N) is 2. The van der Waals surface area contributed by atoms with Crippen molar-refractivity contribution in [3.63, 3.8) is 0 Å². The van der Waals surface area contributed by atoms with E-state index in [0.29, 0.717) is 4.90 Å². The lowest BCUT2D eigenvalue weighted by atomic mass is 10.1. The molecule has 0 aliphatic heterocycles. The molecule has 0 unspecified atom stereocenters. The molecule has 0 spiro atoms. The van der Waals surface area contributed by atoms with Gasteiger partial charge in [-0.2, -0.15) is 5.10 Å². The van der Waals surface area contributed by atoms with Crippen LogP contribution < -0.4 is 5.32 Å². The van der Waals surface area contributed by atoms with Crippen molar-refractivity contribution in [2.75, 3.05) is 0 Å². The minimum atomic E-state index is -0.198. The topological polar surface area (TPSA) is 29.9 Å². The molecule has 114 valence electrons. The first kappa shape index (κ1) is 16.0. The van der Waals surface area contributed by atoms with Crippen LogP contribution in [0, 0.1) is 12.7 Å². The van der Waals surface area contributed by atoms with E-state index in [1.165, 1.54) is 17.8 Å². The zero-order valence-electron chi connectivity index (χ0n) is 13.2. The summed E-state index contributed by atoms with van der Waals surface area (Å²) in [5.41, 5.74) is 2.14. The number of benzene rings is 1. The van der Waals surface area contributed by atoms with Gasteiger partial charge in [-0.15, -0.1) is 0 Å². The fourth-order valence-electron chi connectivity index (χ4n) is 2.00. The Morgan fingerprint density at radius 2 is 1.95 bits per heavy atom. The summed E-state index contributed by atoms with van der Waals surface area (Å²) in [6, 6.07) is 6.83. The first-order chi connectivity index (χ1) is 9.78. The zero-order valence-corrected chi connectivity index (χ0v) is 14.0. The third-order valence-corrected chi connectivity index (χ3v) is 4.38. The minimum Gasteiger partial charge on any atom is -0.308 e. The maximum absolute atomic E-state index is 13.9. The van der Waals surface area contributed by atoms with Crippen molar-refractivity contribution >= 4 is 11.8 Å². The van der Waals surface area contributed by atoms with E-state index in [0.717, 1.165) is 22.8 Å². The second-order valence-electron chi connectivity index (χ2n) is 6.13. The maximum Gasteiger partial charge on any atom is 0.137 e. The number of rotatable bonds is 4. The fourth-order valence-corrected chi connectivity index (χ4v) is 3.03. The summed E-state index contributed by atoms with van der Waals surface area (Å²) in [7, 11) is 1.90. The molecule has 3 nitrogen and oxygen atoms in total. The van der Waals surface area contributed by atoms with Gasteiger partial charge in [-0.05, 0) is 39.8 Å². The molecule has 0 amide bonds. The summed E-state index contributed by atoms with van der Waals surface area (Å²) in [6.45, 7) is 9.10. The second kappa shape index (κ2) is 6.20. The second-order valence-corrected chi connectivity index (χ2v) is 7.16. The lowest BCUT2D eigenvalue weighted by Crippen LogP contribution is -2.35. The van der Waals surface area contributed by atoms with E-state index in [1.54, 1.807) is 12.1 Å². The first-order valence-electron chi connectivity index (χ1n) is 6.98. The molecule has 1 heterocycles. The van der Waals surface area contributed by atoms with Gasteiger partial charge in [0.25, 0.3) is 0 Å². The molecule has 0 saturated carbocycles. The largest absolute Gasteiger partial charge is 0.308 e. The van der Waals surface area contributed by atoms with E-state index in [4.69, 9.17) is 0 Å². The molecule has 0 bridgehead atoms. The van der Waals surface area contributed by atoms with Gasteiger partial charge in [-0.1, -0.05) is 23.9 Å². The summed E-state index contributed by atoms with van der Waals surface area (Å²) < 4.78 is 15.7. The Balaban J connectivity index is 2.29. The van der Waals surface area contributed by atoms with E-state index in [2.05, 4.69) is 31.2 Å². The van der Waals surface area contributed by atoms with Gasteiger partial charge in [0.2, 0.25) is 0 Å². The highest BCUT2D eigenvalue weighted by atomic mass is 32.2. The molecule has 0 atom stereocenters. The van der Waals surface area contributed by atoms with Crippen molar-refractivity contribution in [1.29, 1.82) is 0 Å². The zero-order chi connectivity index (χ0) is 15.6. The van der Waals surface area contributed by atoms with Crippen LogP contribution in [-0.2, 0) is 13.6 Å². The Kier molecular flexibility index (Phi) is 4.74. The van der Waals surface area contributed by atoms with Crippen molar-refractivity contribution in [2.24, 2.45) is 7.05 Å². The van der Waals surface area contributed by atoms with Crippen molar-refractivity contribution in [3.8, 4) is 0 Å². The fraction of sp³-hybridized carbons (Fsp3) is 0.438. The third kappa shape index (κ3) is 4.08. The summed E-state index contributed by atoms with van der Waals surface area (Å²) in [5.74, 6) is -0.198. The first-order valence-corrected chi connectivity index (χ1v) is 7.79. The number of aromatic nitrogens is 2. The molecule has 2 rings (SSSR count). The number of halogens is 1. The summed E-state index contributed by atoms with van der Waals surface area (Å²) in [6.07, 6.45) is 0. The van der Waals surface area contributed by atoms with Crippen molar-refractivity contribution in [2.45, 2.75) is 49.7 Å². The average Bonchev–Trinajstić information content (AvgIpc) is 2.63. The molecule has 0 aliphatic carbocycles. The Bertz CT molecular complexity index is 629. The Morgan fingerprint density at radius 1 is 1.29 bits per heavy atom. The molecule has 0 radical (unpaired) electrons. The molecule has 0 aliphatic rings. The van der Waals surface area contributed by atoms with Crippen LogP contribution in [0.25, 0.3) is 0 Å². The van der Waals surface area contributed by atoms with Crippen molar-refractivity contribution in [1.82, 2.24) is 15.1 Å². The minimum absolute atomic E-state index is 0.0300. The van der Waals surface area contributed by atoms with E-state index >= 15 is 0 Å². The van der Waals surface area contributed by atoms with E-state index < -0.39 is 0 Å². The Morgan fingerprint density at radius 3 is 2.57 bits per heavy atom. The van der Waals surface area contributed by atoms with Crippen LogP contribution in [0.4, 0.5) is 4.39 Å². The molecule has 0 fully saturated rings. The van der Waals surface area contributed by atoms with Crippen molar-refractivity contribution in [3.05, 3.63) is 41.3 Å². The molecular weight excluding hydrogens is 285 g/mol. The van der Waals surface area contributed by atoms with Crippen LogP contribution in [0.3, 0.4) is 0 Å². The van der Waals surface area contributed by atoms with E-state index in [1.807, 2.05) is 24.7 Å². The van der Waals surface area contributed by atoms with Crippen LogP contribution in [0.15, 0.2) is 34.2 Å². The maximum atomic E-state index is 13.9. The van der Waals surface area contributed by atoms with Gasteiger partial charge in [-0.25, -0.2) is 4.39 Å². The molecule has 21 heavy (non-hydrogen) atoms. The molecular formula is C16H22FN3S. The normalized spacial score (nSPS) is 11.9. The average molecular weight is 307 g/mol. The summed E-state index contributed by atoms with van der Waals surface area (Å²) in [4.78, 5) is 0.623. The highest BCUT2D eigenvalue weighted by Gasteiger charge is 2.18. The number of nitrogens with one attached hydrogen (secondary N) is 1. The van der Waals surface area contributed by atoms with Crippen LogP contribution in [0.2, 0.25) is 0 Å². The molecule has 0 saturated heterocycles. The van der Waals surface area contributed by atoms with Gasteiger partial charge in [-0.3, -0.25) is 4.68 Å². The van der Waals surface area contributed by atoms with Gasteiger partial charge < -0.3 is 5.32 Å². The Hall–Kier alpha value is -1.33. The van der Waals surface area contributed by atoms with Gasteiger partial charge in [0.05, 0.1) is 5.69 Å². The third-order valence-electron chi connectivity index (χ3n) is 3.13. The van der Waals surface area contributed by atoms with Gasteiger partial charge in [0, 0.05) is 29.6 Å². The van der Waals surface area contributed by atoms with Gasteiger partial charge in [0.15, 0.2) is 0 Å². The summed E-state index contributed by atoms with van der Waals surface area (Å²) >= 11 is 1.42. The highest BCUT2D eigenvalue weighted by molar-refractivity contribution is 7.99. The van der Waals surface area contributed by atoms with Crippen LogP contribution in [0.5, 0.6) is 0 Å². The molecule has 5 heteroatoms. The van der Waals surface area contributed by atoms with Gasteiger partial charge in [0.1, 0.15) is 10.8 Å². The van der Waals surface area contributed by atoms with Crippen LogP contribution >= 0.6 is 11.8 Å². The monoisotopic (exact) mass is 307 g/mol. The molecule has 1 N–H and O–H groups in total. The lowest BCUT2D eigenvalue weighted by Gasteiger charge is -2.20. The SMILES string of the molecule is Cc1nn(C)c(Sc2ccccc2F)c1CNC(C)(C)C. The predicted octanol–water partition coefficient (Wildman–Crippen LogP) is 3.91. The Labute approximate surface area is 129 Å². The number of hydrogen-bond acceptors (Lipinski definition) is 3. The van der Waals surface area contributed by atoms with Crippen LogP contribution in [0.1, 0.15) is 32.0 Å². The van der Waals surface area contributed by atoms with Crippen molar-refractivity contribution < 1.29 is 4.39 Å². The summed E-state index contributed by atoms with van der Waals surface area (Å²) in [5, 5.41) is 8.92. The number of aryl methyl sites for hydroxylation is 2. The predicted molar refractivity (Wildman–Crippen MR) is 85.1 cm³/mol. The van der Waals surface area contributed by atoms with Crippen LogP contribution in [-0.4, -0.2) is 15.3 Å². The lowest BCUT2D eigenvalue weighted by molar-refractivity contribution is 0.421. The smallest absolute Gasteiger partial charge is 0.137 e. The van der Waals surface area contributed by atoms with E-state index in [9.17, 15) is 4.39 Å².